The lowest BCUT2D eigenvalue weighted by molar-refractivity contribution is 0.00695. The molecule has 0 spiro atoms. The van der Waals surface area contributed by atoms with Crippen LogP contribution in [0.4, 0.5) is 11.4 Å². The van der Waals surface area contributed by atoms with Gasteiger partial charge in [0.25, 0.3) is 0 Å². The summed E-state index contributed by atoms with van der Waals surface area (Å²) >= 11 is 0. The molecule has 2 aromatic carbocycles. The predicted octanol–water partition coefficient (Wildman–Crippen LogP) is 3.98. The Morgan fingerprint density at radius 1 is 1.04 bits per heavy atom. The number of carbonyl (C=O) groups excluding carboxylic acids is 1. The fraction of sp³-hybridized carbons (Fsp3) is 0.391. The van der Waals surface area contributed by atoms with Crippen molar-refractivity contribution in [2.75, 3.05) is 22.9 Å². The van der Waals surface area contributed by atoms with Crippen LogP contribution in [0.2, 0.25) is 0 Å². The second kappa shape index (κ2) is 6.87. The van der Waals surface area contributed by atoms with Crippen molar-refractivity contribution < 1.29 is 9.53 Å². The maximum atomic E-state index is 12.2. The number of rotatable bonds is 3. The summed E-state index contributed by atoms with van der Waals surface area (Å²) in [6.45, 7) is 7.52. The highest BCUT2D eigenvalue weighted by Gasteiger charge is 2.43. The molecule has 0 N–H and O–H groups in total. The van der Waals surface area contributed by atoms with E-state index in [2.05, 4.69) is 21.9 Å². The molecule has 0 aliphatic carbocycles. The van der Waals surface area contributed by atoms with Crippen LogP contribution in [0.1, 0.15) is 43.1 Å². The molecule has 2 aliphatic heterocycles. The van der Waals surface area contributed by atoms with Crippen LogP contribution >= 0.6 is 0 Å². The van der Waals surface area contributed by atoms with Gasteiger partial charge >= 0.3 is 5.97 Å². The molecule has 4 rings (SSSR count). The molecular weight excluding hydrogens is 350 g/mol. The van der Waals surface area contributed by atoms with Crippen LogP contribution in [0.5, 0.6) is 0 Å². The Balaban J connectivity index is 1.44. The van der Waals surface area contributed by atoms with Gasteiger partial charge in [0.15, 0.2) is 0 Å². The second-order valence-electron chi connectivity index (χ2n) is 8.56. The van der Waals surface area contributed by atoms with E-state index in [-0.39, 0.29) is 5.97 Å². The molecule has 2 aromatic rings. The van der Waals surface area contributed by atoms with Gasteiger partial charge in [-0.15, -0.1) is 0 Å². The summed E-state index contributed by atoms with van der Waals surface area (Å²) in [7, 11) is 0. The average molecular weight is 375 g/mol. The summed E-state index contributed by atoms with van der Waals surface area (Å²) in [4.78, 5) is 17.0. The molecule has 144 valence electrons. The first kappa shape index (κ1) is 18.4. The topological polar surface area (TPSA) is 56.6 Å². The highest BCUT2D eigenvalue weighted by Crippen LogP contribution is 2.37. The van der Waals surface area contributed by atoms with Crippen molar-refractivity contribution in [2.24, 2.45) is 0 Å². The summed E-state index contributed by atoms with van der Waals surface area (Å²) < 4.78 is 5.44. The number of ether oxygens (including phenoxy) is 1. The van der Waals surface area contributed by atoms with Gasteiger partial charge in [0.2, 0.25) is 0 Å². The van der Waals surface area contributed by atoms with E-state index in [0.29, 0.717) is 23.2 Å². The fourth-order valence-corrected chi connectivity index (χ4v) is 4.18. The summed E-state index contributed by atoms with van der Waals surface area (Å²) in [5, 5.41) is 9.14. The standard InChI is InChI=1S/C23H25N3O2/c1-23(2,3)28-22(27)17-7-9-18(10-8-17)25-14-21-12-20(25)15-26(21)19-6-4-5-16(11-19)13-24/h4-11,20-21H,12,14-15H2,1-3H3/t20-,21-/m0/s1. The highest BCUT2D eigenvalue weighted by molar-refractivity contribution is 5.90. The van der Waals surface area contributed by atoms with Crippen LogP contribution in [0.25, 0.3) is 0 Å². The zero-order chi connectivity index (χ0) is 19.9. The van der Waals surface area contributed by atoms with Gasteiger partial charge in [0, 0.05) is 36.5 Å². The van der Waals surface area contributed by atoms with Gasteiger partial charge in [-0.1, -0.05) is 6.07 Å². The Labute approximate surface area is 166 Å². The molecule has 0 unspecified atom stereocenters. The minimum atomic E-state index is -0.490. The predicted molar refractivity (Wildman–Crippen MR) is 110 cm³/mol. The average Bonchev–Trinajstić information content (AvgIpc) is 3.28. The van der Waals surface area contributed by atoms with E-state index in [0.717, 1.165) is 30.9 Å². The lowest BCUT2D eigenvalue weighted by Crippen LogP contribution is -2.46. The number of benzene rings is 2. The number of esters is 1. The first-order valence-electron chi connectivity index (χ1n) is 9.71. The van der Waals surface area contributed by atoms with Crippen molar-refractivity contribution in [3.8, 4) is 6.07 Å². The lowest BCUT2D eigenvalue weighted by atomic mass is 10.1. The Hall–Kier alpha value is -3.00. The largest absolute Gasteiger partial charge is 0.456 e. The summed E-state index contributed by atoms with van der Waals surface area (Å²) in [6, 6.07) is 18.7. The molecule has 2 atom stereocenters. The number of anilines is 2. The molecule has 28 heavy (non-hydrogen) atoms. The molecule has 2 heterocycles. The number of carbonyl (C=O) groups is 1. The molecule has 0 radical (unpaired) electrons. The molecule has 0 saturated carbocycles. The van der Waals surface area contributed by atoms with Gasteiger partial charge in [0.1, 0.15) is 5.60 Å². The maximum Gasteiger partial charge on any atom is 0.338 e. The minimum Gasteiger partial charge on any atom is -0.456 e. The van der Waals surface area contributed by atoms with E-state index in [1.54, 1.807) is 0 Å². The molecule has 5 heteroatoms. The zero-order valence-corrected chi connectivity index (χ0v) is 16.6. The number of hydrogen-bond donors (Lipinski definition) is 0. The van der Waals surface area contributed by atoms with Gasteiger partial charge < -0.3 is 14.5 Å². The Kier molecular flexibility index (Phi) is 4.50. The van der Waals surface area contributed by atoms with Crippen molar-refractivity contribution in [1.82, 2.24) is 0 Å². The smallest absolute Gasteiger partial charge is 0.338 e. The summed E-state index contributed by atoms with van der Waals surface area (Å²) in [5.41, 5.74) is 3.07. The van der Waals surface area contributed by atoms with Crippen molar-refractivity contribution in [2.45, 2.75) is 44.9 Å². The van der Waals surface area contributed by atoms with E-state index in [1.807, 2.05) is 63.2 Å². The number of hydrogen-bond acceptors (Lipinski definition) is 5. The normalized spacial score (nSPS) is 20.9. The SMILES string of the molecule is CC(C)(C)OC(=O)c1ccc(N2C[C@@H]3C[C@H]2CN3c2cccc(C#N)c2)cc1. The zero-order valence-electron chi connectivity index (χ0n) is 16.6. The lowest BCUT2D eigenvalue weighted by Gasteiger charge is -2.37. The van der Waals surface area contributed by atoms with Crippen molar-refractivity contribution in [1.29, 1.82) is 5.26 Å². The molecule has 0 amide bonds. The van der Waals surface area contributed by atoms with Crippen LogP contribution in [-0.2, 0) is 4.74 Å². The number of nitriles is 1. The molecule has 5 nitrogen and oxygen atoms in total. The Bertz CT molecular complexity index is 924. The van der Waals surface area contributed by atoms with Crippen molar-refractivity contribution >= 4 is 17.3 Å². The van der Waals surface area contributed by atoms with E-state index in [1.165, 1.54) is 0 Å². The monoisotopic (exact) mass is 375 g/mol. The van der Waals surface area contributed by atoms with Crippen LogP contribution in [0.15, 0.2) is 48.5 Å². The quantitative estimate of drug-likeness (QED) is 0.760. The third-order valence-corrected chi connectivity index (χ3v) is 5.38. The van der Waals surface area contributed by atoms with Crippen LogP contribution in [-0.4, -0.2) is 36.7 Å². The Morgan fingerprint density at radius 3 is 2.25 bits per heavy atom. The van der Waals surface area contributed by atoms with Gasteiger partial charge in [-0.3, -0.25) is 0 Å². The Morgan fingerprint density at radius 2 is 1.68 bits per heavy atom. The summed E-state index contributed by atoms with van der Waals surface area (Å²) in [6.07, 6.45) is 1.12. The van der Waals surface area contributed by atoms with E-state index >= 15 is 0 Å². The van der Waals surface area contributed by atoms with Gasteiger partial charge in [-0.05, 0) is 69.7 Å². The maximum absolute atomic E-state index is 12.2. The first-order valence-corrected chi connectivity index (χ1v) is 9.71. The first-order chi connectivity index (χ1) is 13.3. The van der Waals surface area contributed by atoms with Crippen LogP contribution in [0.3, 0.4) is 0 Å². The third-order valence-electron chi connectivity index (χ3n) is 5.38. The molecule has 0 aromatic heterocycles. The minimum absolute atomic E-state index is 0.287. The van der Waals surface area contributed by atoms with E-state index in [9.17, 15) is 4.79 Å². The van der Waals surface area contributed by atoms with Gasteiger partial charge in [-0.2, -0.15) is 5.26 Å². The molecule has 2 fully saturated rings. The molecular formula is C23H25N3O2. The van der Waals surface area contributed by atoms with Crippen molar-refractivity contribution in [3.63, 3.8) is 0 Å². The number of fused-ring (bicyclic) bond motifs is 2. The van der Waals surface area contributed by atoms with Crippen LogP contribution < -0.4 is 9.80 Å². The molecule has 2 bridgehead atoms. The fourth-order valence-electron chi connectivity index (χ4n) is 4.18. The summed E-state index contributed by atoms with van der Waals surface area (Å²) in [5.74, 6) is -0.287. The van der Waals surface area contributed by atoms with E-state index in [4.69, 9.17) is 10.00 Å². The third kappa shape index (κ3) is 3.55. The molecule has 2 aliphatic rings. The van der Waals surface area contributed by atoms with Crippen LogP contribution in [0, 0.1) is 11.3 Å². The van der Waals surface area contributed by atoms with E-state index < -0.39 is 5.60 Å². The second-order valence-corrected chi connectivity index (χ2v) is 8.56. The van der Waals surface area contributed by atoms with Gasteiger partial charge in [-0.25, -0.2) is 4.79 Å². The number of piperazine rings is 1. The molecule has 2 saturated heterocycles. The van der Waals surface area contributed by atoms with Gasteiger partial charge in [0.05, 0.1) is 17.2 Å². The number of nitrogens with zero attached hydrogens (tertiary/aromatic N) is 3. The van der Waals surface area contributed by atoms with Crippen molar-refractivity contribution in [3.05, 3.63) is 59.7 Å². The highest BCUT2D eigenvalue weighted by atomic mass is 16.6.